The number of hydrogen-bond donors (Lipinski definition) is 1. The highest BCUT2D eigenvalue weighted by Gasteiger charge is 2.14. The molecule has 8 heteroatoms. The molecule has 1 N–H and O–H groups in total. The Morgan fingerprint density at radius 2 is 2.10 bits per heavy atom. The average Bonchev–Trinajstić information content (AvgIpc) is 2.43. The highest BCUT2D eigenvalue weighted by atomic mass is 16.6. The van der Waals surface area contributed by atoms with Crippen LogP contribution in [0.4, 0.5) is 5.69 Å². The number of carbonyl (C=O) groups excluding carboxylic acids is 2. The van der Waals surface area contributed by atoms with Crippen LogP contribution >= 0.6 is 0 Å². The lowest BCUT2D eigenvalue weighted by Gasteiger charge is -2.16. The quantitative estimate of drug-likeness (QED) is 0.607. The standard InChI is InChI=1S/C13H17N3O5/c1-9-6-10(4-5-11(9)16(19)20)21-8-13(18)15(3)7-12(17)14-2/h4-6H,7-8H2,1-3H3,(H,14,17). The smallest absolute Gasteiger partial charge is 0.272 e. The summed E-state index contributed by atoms with van der Waals surface area (Å²) >= 11 is 0. The maximum absolute atomic E-state index is 11.7. The molecule has 0 aromatic heterocycles. The van der Waals surface area contributed by atoms with Crippen molar-refractivity contribution in [3.63, 3.8) is 0 Å². The molecule has 0 fully saturated rings. The fraction of sp³-hybridized carbons (Fsp3) is 0.385. The molecule has 0 bridgehead atoms. The van der Waals surface area contributed by atoms with Gasteiger partial charge in [0.1, 0.15) is 5.75 Å². The molecular weight excluding hydrogens is 278 g/mol. The summed E-state index contributed by atoms with van der Waals surface area (Å²) < 4.78 is 5.27. The molecule has 0 unspecified atom stereocenters. The number of rotatable bonds is 6. The molecule has 0 saturated heterocycles. The van der Waals surface area contributed by atoms with E-state index in [0.717, 1.165) is 0 Å². The largest absolute Gasteiger partial charge is 0.484 e. The van der Waals surface area contributed by atoms with Crippen molar-refractivity contribution < 1.29 is 19.2 Å². The van der Waals surface area contributed by atoms with Gasteiger partial charge < -0.3 is 15.0 Å². The van der Waals surface area contributed by atoms with Gasteiger partial charge in [-0.05, 0) is 19.1 Å². The van der Waals surface area contributed by atoms with Crippen molar-refractivity contribution in [3.05, 3.63) is 33.9 Å². The molecule has 21 heavy (non-hydrogen) atoms. The molecule has 114 valence electrons. The van der Waals surface area contributed by atoms with E-state index in [1.807, 2.05) is 0 Å². The first-order valence-corrected chi connectivity index (χ1v) is 6.17. The molecule has 0 spiro atoms. The minimum absolute atomic E-state index is 0.00888. The first-order valence-electron chi connectivity index (χ1n) is 6.17. The Morgan fingerprint density at radius 1 is 1.43 bits per heavy atom. The normalized spacial score (nSPS) is 9.86. The highest BCUT2D eigenvalue weighted by molar-refractivity contribution is 5.85. The Balaban J connectivity index is 2.59. The van der Waals surface area contributed by atoms with Crippen LogP contribution in [-0.2, 0) is 9.59 Å². The third-order valence-electron chi connectivity index (χ3n) is 2.81. The van der Waals surface area contributed by atoms with Crippen LogP contribution in [0, 0.1) is 17.0 Å². The monoisotopic (exact) mass is 295 g/mol. The summed E-state index contributed by atoms with van der Waals surface area (Å²) in [4.78, 5) is 34.3. The topological polar surface area (TPSA) is 102 Å². The van der Waals surface area contributed by atoms with Crippen LogP contribution in [0.2, 0.25) is 0 Å². The minimum atomic E-state index is -0.485. The number of amides is 2. The predicted molar refractivity (Wildman–Crippen MR) is 75.0 cm³/mol. The molecule has 0 radical (unpaired) electrons. The fourth-order valence-electron chi connectivity index (χ4n) is 1.56. The summed E-state index contributed by atoms with van der Waals surface area (Å²) in [6.07, 6.45) is 0. The molecule has 8 nitrogen and oxygen atoms in total. The van der Waals surface area contributed by atoms with E-state index in [1.54, 1.807) is 6.92 Å². The van der Waals surface area contributed by atoms with Gasteiger partial charge >= 0.3 is 0 Å². The lowest BCUT2D eigenvalue weighted by atomic mass is 10.2. The van der Waals surface area contributed by atoms with Crippen LogP contribution in [0.3, 0.4) is 0 Å². The average molecular weight is 295 g/mol. The number of nitrogens with one attached hydrogen (secondary N) is 1. The summed E-state index contributed by atoms with van der Waals surface area (Å²) in [7, 11) is 2.97. The zero-order chi connectivity index (χ0) is 16.0. The second-order valence-corrected chi connectivity index (χ2v) is 4.42. The third kappa shape index (κ3) is 4.75. The number of benzene rings is 1. The maximum atomic E-state index is 11.7. The van der Waals surface area contributed by atoms with Crippen LogP contribution in [0.1, 0.15) is 5.56 Å². The van der Waals surface area contributed by atoms with Gasteiger partial charge in [0.05, 0.1) is 11.5 Å². The predicted octanol–water partition coefficient (Wildman–Crippen LogP) is 0.486. The van der Waals surface area contributed by atoms with Gasteiger partial charge in [-0.1, -0.05) is 0 Å². The summed E-state index contributed by atoms with van der Waals surface area (Å²) in [5, 5.41) is 13.1. The molecule has 0 saturated carbocycles. The number of ether oxygens (including phenoxy) is 1. The van der Waals surface area contributed by atoms with E-state index in [2.05, 4.69) is 5.32 Å². The highest BCUT2D eigenvalue weighted by Crippen LogP contribution is 2.22. The zero-order valence-corrected chi connectivity index (χ0v) is 12.1. The van der Waals surface area contributed by atoms with Crippen molar-refractivity contribution >= 4 is 17.5 Å². The Bertz CT molecular complexity index is 559. The van der Waals surface area contributed by atoms with E-state index in [9.17, 15) is 19.7 Å². The number of carbonyl (C=O) groups is 2. The Morgan fingerprint density at radius 3 is 2.62 bits per heavy atom. The third-order valence-corrected chi connectivity index (χ3v) is 2.81. The first-order chi connectivity index (χ1) is 9.85. The van der Waals surface area contributed by atoms with Gasteiger partial charge in [0.15, 0.2) is 6.61 Å². The molecule has 1 rings (SSSR count). The molecule has 1 aromatic rings. The fourth-order valence-corrected chi connectivity index (χ4v) is 1.56. The van der Waals surface area contributed by atoms with Gasteiger partial charge in [0.2, 0.25) is 5.91 Å². The molecular formula is C13H17N3O5. The Labute approximate surface area is 121 Å². The first kappa shape index (κ1) is 16.4. The van der Waals surface area contributed by atoms with E-state index in [1.165, 1.54) is 37.2 Å². The second-order valence-electron chi connectivity index (χ2n) is 4.42. The number of hydrogen-bond acceptors (Lipinski definition) is 5. The van der Waals surface area contributed by atoms with Gasteiger partial charge in [-0.15, -0.1) is 0 Å². The van der Waals surface area contributed by atoms with Gasteiger partial charge in [-0.2, -0.15) is 0 Å². The van der Waals surface area contributed by atoms with Crippen LogP contribution < -0.4 is 10.1 Å². The van der Waals surface area contributed by atoms with Crippen molar-refractivity contribution in [3.8, 4) is 5.75 Å². The van der Waals surface area contributed by atoms with E-state index < -0.39 is 4.92 Å². The van der Waals surface area contributed by atoms with Crippen LogP contribution in [0.25, 0.3) is 0 Å². The molecule has 0 heterocycles. The number of nitro groups is 1. The Kier molecular flexibility index (Phi) is 5.65. The van der Waals surface area contributed by atoms with Crippen molar-refractivity contribution in [1.82, 2.24) is 10.2 Å². The lowest BCUT2D eigenvalue weighted by Crippen LogP contribution is -2.39. The number of aryl methyl sites for hydroxylation is 1. The summed E-state index contributed by atoms with van der Waals surface area (Å²) in [5.74, 6) is -0.286. The van der Waals surface area contributed by atoms with Gasteiger partial charge in [-0.25, -0.2) is 0 Å². The zero-order valence-electron chi connectivity index (χ0n) is 12.1. The number of nitro benzene ring substituents is 1. The Hall–Kier alpha value is -2.64. The van der Waals surface area contributed by atoms with Crippen LogP contribution in [0.15, 0.2) is 18.2 Å². The molecule has 0 atom stereocenters. The van der Waals surface area contributed by atoms with Crippen molar-refractivity contribution in [2.75, 3.05) is 27.2 Å². The molecule has 1 aromatic carbocycles. The lowest BCUT2D eigenvalue weighted by molar-refractivity contribution is -0.385. The van der Waals surface area contributed by atoms with Crippen LogP contribution in [0.5, 0.6) is 5.75 Å². The summed E-state index contributed by atoms with van der Waals surface area (Å²) in [6, 6.07) is 4.24. The number of likely N-dealkylation sites (N-methyl/N-ethyl adjacent to an activating group) is 2. The van der Waals surface area contributed by atoms with E-state index in [-0.39, 0.29) is 30.7 Å². The van der Waals surface area contributed by atoms with Crippen molar-refractivity contribution in [2.45, 2.75) is 6.92 Å². The minimum Gasteiger partial charge on any atom is -0.484 e. The van der Waals surface area contributed by atoms with E-state index >= 15 is 0 Å². The summed E-state index contributed by atoms with van der Waals surface area (Å²) in [5.41, 5.74) is 0.439. The van der Waals surface area contributed by atoms with Gasteiger partial charge in [0, 0.05) is 25.7 Å². The molecule has 2 amide bonds. The molecule has 0 aliphatic rings. The van der Waals surface area contributed by atoms with Gasteiger partial charge in [-0.3, -0.25) is 19.7 Å². The van der Waals surface area contributed by atoms with Crippen LogP contribution in [-0.4, -0.2) is 48.9 Å². The second kappa shape index (κ2) is 7.22. The molecule has 0 aliphatic carbocycles. The SMILES string of the molecule is CNC(=O)CN(C)C(=O)COc1ccc([N+](=O)[O-])c(C)c1. The van der Waals surface area contributed by atoms with E-state index in [4.69, 9.17) is 4.74 Å². The molecule has 0 aliphatic heterocycles. The van der Waals surface area contributed by atoms with Crippen molar-refractivity contribution in [2.24, 2.45) is 0 Å². The van der Waals surface area contributed by atoms with Crippen molar-refractivity contribution in [1.29, 1.82) is 0 Å². The summed E-state index contributed by atoms with van der Waals surface area (Å²) in [6.45, 7) is 1.28. The number of nitrogens with zero attached hydrogens (tertiary/aromatic N) is 2. The van der Waals surface area contributed by atoms with E-state index in [0.29, 0.717) is 11.3 Å². The van der Waals surface area contributed by atoms with Gasteiger partial charge in [0.25, 0.3) is 11.6 Å². The maximum Gasteiger partial charge on any atom is 0.272 e.